The van der Waals surface area contributed by atoms with Gasteiger partial charge < -0.3 is 4.90 Å². The summed E-state index contributed by atoms with van der Waals surface area (Å²) in [6.45, 7) is 0.756. The second-order valence-corrected chi connectivity index (χ2v) is 7.52. The first-order chi connectivity index (χ1) is 12.6. The number of nitrogens with zero attached hydrogens (tertiary/aromatic N) is 2. The highest BCUT2D eigenvalue weighted by Gasteiger charge is 2.30. The predicted octanol–water partition coefficient (Wildman–Crippen LogP) is 5.45. The molecule has 1 fully saturated rings. The lowest BCUT2D eigenvalue weighted by molar-refractivity contribution is -0.131. The molecule has 2 heterocycles. The van der Waals surface area contributed by atoms with E-state index in [0.29, 0.717) is 16.5 Å². The zero-order chi connectivity index (χ0) is 18.1. The summed E-state index contributed by atoms with van der Waals surface area (Å²) in [6.07, 6.45) is 5.88. The summed E-state index contributed by atoms with van der Waals surface area (Å²) in [5.41, 5.74) is 1.97. The third-order valence-electron chi connectivity index (χ3n) is 4.94. The van der Waals surface area contributed by atoms with E-state index in [1.165, 1.54) is 0 Å². The minimum Gasteiger partial charge on any atom is -0.335 e. The summed E-state index contributed by atoms with van der Waals surface area (Å²) >= 11 is 12.3. The van der Waals surface area contributed by atoms with Crippen LogP contribution in [0.15, 0.2) is 54.9 Å². The van der Waals surface area contributed by atoms with E-state index in [4.69, 9.17) is 23.2 Å². The van der Waals surface area contributed by atoms with Crippen LogP contribution in [0, 0.1) is 0 Å². The summed E-state index contributed by atoms with van der Waals surface area (Å²) < 4.78 is 0. The third-order valence-corrected chi connectivity index (χ3v) is 5.37. The number of hydrogen-bond donors (Lipinski definition) is 0. The van der Waals surface area contributed by atoms with Crippen LogP contribution in [0.2, 0.25) is 10.0 Å². The molecule has 132 valence electrons. The van der Waals surface area contributed by atoms with Crippen LogP contribution in [0.1, 0.15) is 30.0 Å². The van der Waals surface area contributed by atoms with Crippen molar-refractivity contribution in [2.75, 3.05) is 6.54 Å². The van der Waals surface area contributed by atoms with Gasteiger partial charge in [-0.25, -0.2) is 0 Å². The number of amides is 1. The Bertz CT molecular complexity index is 948. The molecule has 1 unspecified atom stereocenters. The Kier molecular flexibility index (Phi) is 4.84. The van der Waals surface area contributed by atoms with Crippen LogP contribution >= 0.6 is 23.2 Å². The quantitative estimate of drug-likeness (QED) is 0.601. The van der Waals surface area contributed by atoms with Crippen LogP contribution in [-0.2, 0) is 11.2 Å². The molecule has 1 saturated heterocycles. The highest BCUT2D eigenvalue weighted by Crippen LogP contribution is 2.35. The maximum atomic E-state index is 13.0. The number of hydrogen-bond acceptors (Lipinski definition) is 2. The number of benzene rings is 2. The number of carbonyl (C=O) groups is 1. The molecule has 0 radical (unpaired) electrons. The highest BCUT2D eigenvalue weighted by molar-refractivity contribution is 6.34. The molecule has 1 aliphatic heterocycles. The molecule has 0 aliphatic carbocycles. The predicted molar refractivity (Wildman–Crippen MR) is 106 cm³/mol. The fourth-order valence-electron chi connectivity index (χ4n) is 3.76. The van der Waals surface area contributed by atoms with E-state index in [9.17, 15) is 4.79 Å². The maximum absolute atomic E-state index is 13.0. The Hall–Kier alpha value is -2.10. The first kappa shape index (κ1) is 17.3. The van der Waals surface area contributed by atoms with Gasteiger partial charge in [0.1, 0.15) is 0 Å². The van der Waals surface area contributed by atoms with Crippen LogP contribution in [0.4, 0.5) is 0 Å². The average Bonchev–Trinajstić information content (AvgIpc) is 3.11. The van der Waals surface area contributed by atoms with E-state index in [-0.39, 0.29) is 11.9 Å². The zero-order valence-corrected chi connectivity index (χ0v) is 15.7. The van der Waals surface area contributed by atoms with Crippen molar-refractivity contribution in [1.29, 1.82) is 0 Å². The third kappa shape index (κ3) is 3.42. The molecule has 1 aliphatic rings. The molecule has 0 N–H and O–H groups in total. The van der Waals surface area contributed by atoms with Gasteiger partial charge in [-0.1, -0.05) is 47.5 Å². The van der Waals surface area contributed by atoms with E-state index in [0.717, 1.165) is 41.3 Å². The van der Waals surface area contributed by atoms with Gasteiger partial charge in [-0.15, -0.1) is 0 Å². The summed E-state index contributed by atoms with van der Waals surface area (Å²) in [5.74, 6) is 0.113. The molecule has 1 aromatic heterocycles. The number of pyridine rings is 1. The fourth-order valence-corrected chi connectivity index (χ4v) is 4.31. The molecule has 4 rings (SSSR count). The average molecular weight is 385 g/mol. The van der Waals surface area contributed by atoms with Crippen molar-refractivity contribution in [3.63, 3.8) is 0 Å². The minimum absolute atomic E-state index is 0.0293. The van der Waals surface area contributed by atoms with Gasteiger partial charge in [0.2, 0.25) is 5.91 Å². The summed E-state index contributed by atoms with van der Waals surface area (Å²) in [4.78, 5) is 19.3. The second-order valence-electron chi connectivity index (χ2n) is 6.64. The molecule has 0 bridgehead atoms. The van der Waals surface area contributed by atoms with Crippen molar-refractivity contribution in [2.24, 2.45) is 0 Å². The highest BCUT2D eigenvalue weighted by atomic mass is 35.5. The largest absolute Gasteiger partial charge is 0.335 e. The molecule has 3 nitrogen and oxygen atoms in total. The van der Waals surface area contributed by atoms with Crippen LogP contribution in [0.5, 0.6) is 0 Å². The molecule has 0 spiro atoms. The molecule has 26 heavy (non-hydrogen) atoms. The van der Waals surface area contributed by atoms with Crippen LogP contribution in [-0.4, -0.2) is 22.3 Å². The van der Waals surface area contributed by atoms with Crippen LogP contribution in [0.25, 0.3) is 10.8 Å². The van der Waals surface area contributed by atoms with Gasteiger partial charge >= 0.3 is 0 Å². The number of carbonyl (C=O) groups excluding carboxylic acids is 1. The number of halogens is 2. The van der Waals surface area contributed by atoms with Gasteiger partial charge in [-0.05, 0) is 47.6 Å². The molecule has 1 atom stereocenters. The summed E-state index contributed by atoms with van der Waals surface area (Å²) in [6, 6.07) is 13.6. The van der Waals surface area contributed by atoms with Crippen molar-refractivity contribution in [3.05, 3.63) is 76.0 Å². The van der Waals surface area contributed by atoms with Gasteiger partial charge in [0, 0.05) is 34.4 Å². The Morgan fingerprint density at radius 3 is 2.69 bits per heavy atom. The second kappa shape index (κ2) is 7.26. The van der Waals surface area contributed by atoms with Crippen LogP contribution in [0.3, 0.4) is 0 Å². The molecule has 0 saturated carbocycles. The molecule has 5 heteroatoms. The van der Waals surface area contributed by atoms with Crippen molar-refractivity contribution < 1.29 is 4.79 Å². The van der Waals surface area contributed by atoms with E-state index in [1.54, 1.807) is 12.3 Å². The smallest absolute Gasteiger partial charge is 0.227 e. The van der Waals surface area contributed by atoms with Gasteiger partial charge in [0.05, 0.1) is 12.5 Å². The van der Waals surface area contributed by atoms with Crippen molar-refractivity contribution in [2.45, 2.75) is 25.3 Å². The lowest BCUT2D eigenvalue weighted by Gasteiger charge is -2.25. The summed E-state index contributed by atoms with van der Waals surface area (Å²) in [7, 11) is 0. The van der Waals surface area contributed by atoms with E-state index < -0.39 is 0 Å². The molecular formula is C21H18Cl2N2O. The summed E-state index contributed by atoms with van der Waals surface area (Å²) in [5, 5.41) is 3.34. The van der Waals surface area contributed by atoms with E-state index >= 15 is 0 Å². The van der Waals surface area contributed by atoms with Gasteiger partial charge in [-0.3, -0.25) is 9.78 Å². The molecule has 3 aromatic rings. The minimum atomic E-state index is 0.0293. The van der Waals surface area contributed by atoms with Crippen LogP contribution < -0.4 is 0 Å². The van der Waals surface area contributed by atoms with Crippen molar-refractivity contribution in [3.8, 4) is 0 Å². The first-order valence-corrected chi connectivity index (χ1v) is 9.44. The number of likely N-dealkylation sites (tertiary alicyclic amines) is 1. The SMILES string of the molecule is O=C(Cc1cncc2ccccc12)N1CCCC1c1cc(Cl)cc(Cl)c1. The number of rotatable bonds is 3. The Labute approximate surface area is 162 Å². The molecular weight excluding hydrogens is 367 g/mol. The molecule has 2 aromatic carbocycles. The number of fused-ring (bicyclic) bond motifs is 1. The maximum Gasteiger partial charge on any atom is 0.227 e. The monoisotopic (exact) mass is 384 g/mol. The normalized spacial score (nSPS) is 17.0. The Morgan fingerprint density at radius 2 is 1.88 bits per heavy atom. The standard InChI is InChI=1S/C21H18Cl2N2O/c22-17-8-15(9-18(23)11-17)20-6-3-7-25(20)21(26)10-16-13-24-12-14-4-1-2-5-19(14)16/h1-2,4-5,8-9,11-13,20H,3,6-7,10H2. The van der Waals surface area contributed by atoms with E-state index in [2.05, 4.69) is 4.98 Å². The Morgan fingerprint density at radius 1 is 1.12 bits per heavy atom. The van der Waals surface area contributed by atoms with Gasteiger partial charge in [0.15, 0.2) is 0 Å². The molecule has 1 amide bonds. The van der Waals surface area contributed by atoms with Crippen molar-refractivity contribution in [1.82, 2.24) is 9.88 Å². The Balaban J connectivity index is 1.60. The lowest BCUT2D eigenvalue weighted by Crippen LogP contribution is -2.32. The first-order valence-electron chi connectivity index (χ1n) is 8.69. The fraction of sp³-hybridized carbons (Fsp3) is 0.238. The topological polar surface area (TPSA) is 33.2 Å². The lowest BCUT2D eigenvalue weighted by atomic mass is 10.0. The van der Waals surface area contributed by atoms with E-state index in [1.807, 2.05) is 47.5 Å². The van der Waals surface area contributed by atoms with Gasteiger partial charge in [-0.2, -0.15) is 0 Å². The zero-order valence-electron chi connectivity index (χ0n) is 14.2. The van der Waals surface area contributed by atoms with Gasteiger partial charge in [0.25, 0.3) is 0 Å². The van der Waals surface area contributed by atoms with Crippen molar-refractivity contribution >= 4 is 39.9 Å². The number of aromatic nitrogens is 1.